The SMILES string of the molecule is CC(C)(C)c1nnsc1C(=O)NC(C)(C(=O)O)C1CC1. The maximum Gasteiger partial charge on any atom is 0.329 e. The van der Waals surface area contributed by atoms with Crippen molar-refractivity contribution in [1.82, 2.24) is 14.9 Å². The van der Waals surface area contributed by atoms with Crippen LogP contribution in [-0.2, 0) is 10.2 Å². The van der Waals surface area contributed by atoms with Crippen molar-refractivity contribution >= 4 is 23.4 Å². The molecule has 110 valence electrons. The normalized spacial score (nSPS) is 18.4. The molecule has 0 spiro atoms. The van der Waals surface area contributed by atoms with Gasteiger partial charge in [-0.3, -0.25) is 4.79 Å². The van der Waals surface area contributed by atoms with Crippen molar-refractivity contribution in [2.24, 2.45) is 5.92 Å². The smallest absolute Gasteiger partial charge is 0.329 e. The zero-order chi connectivity index (χ0) is 15.1. The summed E-state index contributed by atoms with van der Waals surface area (Å²) in [7, 11) is 0. The Balaban J connectivity index is 2.25. The first-order valence-corrected chi connectivity index (χ1v) is 7.32. The van der Waals surface area contributed by atoms with E-state index in [9.17, 15) is 14.7 Å². The zero-order valence-corrected chi connectivity index (χ0v) is 12.9. The summed E-state index contributed by atoms with van der Waals surface area (Å²) >= 11 is 1.00. The predicted octanol–water partition coefficient (Wildman–Crippen LogP) is 1.82. The third-order valence-corrected chi connectivity index (χ3v) is 4.34. The van der Waals surface area contributed by atoms with Crippen LogP contribution < -0.4 is 5.32 Å². The average Bonchev–Trinajstić information content (AvgIpc) is 3.04. The number of nitrogens with one attached hydrogen (secondary N) is 1. The molecule has 1 aliphatic rings. The molecule has 20 heavy (non-hydrogen) atoms. The average molecular weight is 297 g/mol. The topological polar surface area (TPSA) is 92.2 Å². The van der Waals surface area contributed by atoms with Crippen molar-refractivity contribution < 1.29 is 14.7 Å². The maximum atomic E-state index is 12.4. The predicted molar refractivity (Wildman–Crippen MR) is 74.8 cm³/mol. The van der Waals surface area contributed by atoms with Gasteiger partial charge in [0.2, 0.25) is 0 Å². The Bertz CT molecular complexity index is 545. The Morgan fingerprint density at radius 2 is 1.90 bits per heavy atom. The molecule has 1 aliphatic carbocycles. The molecular weight excluding hydrogens is 278 g/mol. The van der Waals surface area contributed by atoms with Crippen LogP contribution in [-0.4, -0.2) is 32.1 Å². The van der Waals surface area contributed by atoms with E-state index in [2.05, 4.69) is 14.9 Å². The lowest BCUT2D eigenvalue weighted by Gasteiger charge is -2.26. The van der Waals surface area contributed by atoms with Gasteiger partial charge in [-0.25, -0.2) is 4.79 Å². The van der Waals surface area contributed by atoms with Crippen LogP contribution in [0.3, 0.4) is 0 Å². The standard InChI is InChI=1S/C13H19N3O3S/c1-12(2,3)9-8(20-16-15-9)10(17)14-13(4,11(18)19)7-5-6-7/h7H,5-6H2,1-4H3,(H,14,17)(H,18,19). The van der Waals surface area contributed by atoms with E-state index >= 15 is 0 Å². The lowest BCUT2D eigenvalue weighted by atomic mass is 9.90. The van der Waals surface area contributed by atoms with Crippen LogP contribution >= 0.6 is 11.5 Å². The van der Waals surface area contributed by atoms with Crippen LogP contribution in [0.15, 0.2) is 0 Å². The highest BCUT2D eigenvalue weighted by Crippen LogP contribution is 2.40. The quantitative estimate of drug-likeness (QED) is 0.884. The minimum Gasteiger partial charge on any atom is -0.480 e. The van der Waals surface area contributed by atoms with Crippen molar-refractivity contribution in [3.8, 4) is 0 Å². The van der Waals surface area contributed by atoms with Crippen LogP contribution in [0.25, 0.3) is 0 Å². The number of aromatic nitrogens is 2. The molecule has 2 rings (SSSR count). The maximum absolute atomic E-state index is 12.4. The van der Waals surface area contributed by atoms with Crippen LogP contribution in [0.5, 0.6) is 0 Å². The van der Waals surface area contributed by atoms with Gasteiger partial charge in [0.1, 0.15) is 10.4 Å². The number of amides is 1. The Kier molecular flexibility index (Phi) is 3.58. The molecule has 1 aromatic rings. The fourth-order valence-electron chi connectivity index (χ4n) is 2.11. The highest BCUT2D eigenvalue weighted by molar-refractivity contribution is 7.08. The molecule has 2 N–H and O–H groups in total. The Morgan fingerprint density at radius 1 is 1.30 bits per heavy atom. The molecule has 1 heterocycles. The van der Waals surface area contributed by atoms with E-state index in [1.165, 1.54) is 0 Å². The molecule has 1 amide bonds. The summed E-state index contributed by atoms with van der Waals surface area (Å²) in [5.41, 5.74) is -0.918. The molecule has 7 heteroatoms. The van der Waals surface area contributed by atoms with Gasteiger partial charge in [-0.2, -0.15) is 0 Å². The van der Waals surface area contributed by atoms with Crippen molar-refractivity contribution in [3.63, 3.8) is 0 Å². The van der Waals surface area contributed by atoms with E-state index in [-0.39, 0.29) is 11.3 Å². The van der Waals surface area contributed by atoms with Crippen LogP contribution in [0.1, 0.15) is 55.9 Å². The molecule has 1 fully saturated rings. The minimum atomic E-state index is -1.21. The van der Waals surface area contributed by atoms with Gasteiger partial charge >= 0.3 is 5.97 Å². The van der Waals surface area contributed by atoms with Crippen LogP contribution in [0.4, 0.5) is 0 Å². The number of carboxylic acid groups (broad SMARTS) is 1. The number of carbonyl (C=O) groups is 2. The first-order valence-electron chi connectivity index (χ1n) is 6.55. The van der Waals surface area contributed by atoms with E-state index in [4.69, 9.17) is 0 Å². The number of carbonyl (C=O) groups excluding carboxylic acids is 1. The highest BCUT2D eigenvalue weighted by Gasteiger charge is 2.49. The van der Waals surface area contributed by atoms with Crippen LogP contribution in [0.2, 0.25) is 0 Å². The zero-order valence-electron chi connectivity index (χ0n) is 12.1. The largest absolute Gasteiger partial charge is 0.480 e. The van der Waals surface area contributed by atoms with E-state index in [0.29, 0.717) is 10.6 Å². The summed E-state index contributed by atoms with van der Waals surface area (Å²) in [5, 5.41) is 16.0. The fraction of sp³-hybridized carbons (Fsp3) is 0.692. The second-order valence-electron chi connectivity index (χ2n) is 6.44. The second-order valence-corrected chi connectivity index (χ2v) is 7.19. The molecule has 6 nitrogen and oxygen atoms in total. The van der Waals surface area contributed by atoms with Crippen molar-refractivity contribution in [2.75, 3.05) is 0 Å². The molecular formula is C13H19N3O3S. The molecule has 0 aliphatic heterocycles. The minimum absolute atomic E-state index is 0.00270. The molecule has 1 unspecified atom stereocenters. The van der Waals surface area contributed by atoms with E-state index < -0.39 is 17.4 Å². The first kappa shape index (κ1) is 14.9. The van der Waals surface area contributed by atoms with Gasteiger partial charge in [-0.05, 0) is 37.2 Å². The van der Waals surface area contributed by atoms with Gasteiger partial charge in [0, 0.05) is 5.41 Å². The van der Waals surface area contributed by atoms with Gasteiger partial charge in [-0.1, -0.05) is 25.3 Å². The van der Waals surface area contributed by atoms with Gasteiger partial charge in [0.25, 0.3) is 5.91 Å². The summed E-state index contributed by atoms with van der Waals surface area (Å²) in [4.78, 5) is 24.2. The summed E-state index contributed by atoms with van der Waals surface area (Å²) in [5.74, 6) is -1.40. The van der Waals surface area contributed by atoms with Gasteiger partial charge in [0.15, 0.2) is 0 Å². The number of hydrogen-bond donors (Lipinski definition) is 2. The number of nitrogens with zero attached hydrogens (tertiary/aromatic N) is 2. The van der Waals surface area contributed by atoms with Gasteiger partial charge < -0.3 is 10.4 Å². The fourth-order valence-corrected chi connectivity index (χ4v) is 2.89. The Hall–Kier alpha value is -1.50. The summed E-state index contributed by atoms with van der Waals surface area (Å²) < 4.78 is 3.83. The molecule has 1 atom stereocenters. The van der Waals surface area contributed by atoms with Crippen LogP contribution in [0, 0.1) is 5.92 Å². The first-order chi connectivity index (χ1) is 9.16. The number of carboxylic acids is 1. The summed E-state index contributed by atoms with van der Waals surface area (Å²) in [6.45, 7) is 7.39. The Labute approximate surface area is 121 Å². The number of aliphatic carboxylic acids is 1. The second kappa shape index (κ2) is 4.80. The molecule has 1 aromatic heterocycles. The lowest BCUT2D eigenvalue weighted by molar-refractivity contribution is -0.144. The molecule has 0 bridgehead atoms. The third-order valence-electron chi connectivity index (χ3n) is 3.62. The lowest BCUT2D eigenvalue weighted by Crippen LogP contribution is -2.54. The van der Waals surface area contributed by atoms with E-state index in [1.54, 1.807) is 6.92 Å². The third kappa shape index (κ3) is 2.67. The number of hydrogen-bond acceptors (Lipinski definition) is 5. The summed E-state index contributed by atoms with van der Waals surface area (Å²) in [6.07, 6.45) is 1.66. The molecule has 0 saturated heterocycles. The van der Waals surface area contributed by atoms with Crippen molar-refractivity contribution in [3.05, 3.63) is 10.6 Å². The van der Waals surface area contributed by atoms with Crippen molar-refractivity contribution in [2.45, 2.75) is 51.5 Å². The summed E-state index contributed by atoms with van der Waals surface area (Å²) in [6, 6.07) is 0. The van der Waals surface area contributed by atoms with E-state index in [1.807, 2.05) is 20.8 Å². The van der Waals surface area contributed by atoms with Crippen molar-refractivity contribution in [1.29, 1.82) is 0 Å². The highest BCUT2D eigenvalue weighted by atomic mass is 32.1. The van der Waals surface area contributed by atoms with E-state index in [0.717, 1.165) is 24.4 Å². The number of rotatable bonds is 4. The van der Waals surface area contributed by atoms with Gasteiger partial charge in [-0.15, -0.1) is 5.10 Å². The van der Waals surface area contributed by atoms with Gasteiger partial charge in [0.05, 0.1) is 5.69 Å². The molecule has 0 radical (unpaired) electrons. The molecule has 1 saturated carbocycles. The Morgan fingerprint density at radius 3 is 2.35 bits per heavy atom. The monoisotopic (exact) mass is 297 g/mol. The molecule has 0 aromatic carbocycles.